The summed E-state index contributed by atoms with van der Waals surface area (Å²) < 4.78 is 11.1. The van der Waals surface area contributed by atoms with Gasteiger partial charge in [0.05, 0.1) is 0 Å². The SMILES string of the molecule is CCC1OC1(CC[C@H]1CCCC(C)(C)C1)OC(C)=O. The Labute approximate surface area is 117 Å². The Hall–Kier alpha value is -0.570. The van der Waals surface area contributed by atoms with Gasteiger partial charge in [-0.3, -0.25) is 4.79 Å². The molecule has 1 aliphatic heterocycles. The fourth-order valence-corrected chi connectivity index (χ4v) is 3.71. The Kier molecular flexibility index (Phi) is 4.24. The molecule has 2 rings (SSSR count). The molecule has 2 unspecified atom stereocenters. The molecule has 0 spiro atoms. The van der Waals surface area contributed by atoms with E-state index >= 15 is 0 Å². The van der Waals surface area contributed by atoms with Gasteiger partial charge in [0, 0.05) is 13.3 Å². The van der Waals surface area contributed by atoms with Gasteiger partial charge in [-0.25, -0.2) is 0 Å². The zero-order valence-corrected chi connectivity index (χ0v) is 12.8. The number of hydrogen-bond acceptors (Lipinski definition) is 3. The van der Waals surface area contributed by atoms with E-state index in [4.69, 9.17) is 9.47 Å². The van der Waals surface area contributed by atoms with Gasteiger partial charge < -0.3 is 9.47 Å². The van der Waals surface area contributed by atoms with Crippen LogP contribution in [-0.4, -0.2) is 17.9 Å². The van der Waals surface area contributed by atoms with Crippen LogP contribution in [0.5, 0.6) is 0 Å². The Morgan fingerprint density at radius 1 is 1.42 bits per heavy atom. The molecule has 0 aromatic rings. The van der Waals surface area contributed by atoms with Crippen LogP contribution in [0.2, 0.25) is 0 Å². The van der Waals surface area contributed by atoms with Crippen LogP contribution >= 0.6 is 0 Å². The second-order valence-corrected chi connectivity index (χ2v) is 7.09. The van der Waals surface area contributed by atoms with Crippen LogP contribution in [-0.2, 0) is 14.3 Å². The molecule has 0 radical (unpaired) electrons. The minimum Gasteiger partial charge on any atom is -0.430 e. The number of esters is 1. The largest absolute Gasteiger partial charge is 0.430 e. The lowest BCUT2D eigenvalue weighted by atomic mass is 9.71. The van der Waals surface area contributed by atoms with Gasteiger partial charge in [0.1, 0.15) is 6.10 Å². The van der Waals surface area contributed by atoms with Gasteiger partial charge in [0.15, 0.2) is 0 Å². The van der Waals surface area contributed by atoms with Crippen molar-refractivity contribution in [2.45, 2.75) is 84.5 Å². The van der Waals surface area contributed by atoms with Crippen LogP contribution in [0.1, 0.15) is 72.6 Å². The van der Waals surface area contributed by atoms with Crippen LogP contribution in [0.4, 0.5) is 0 Å². The number of rotatable bonds is 5. The minimum absolute atomic E-state index is 0.119. The van der Waals surface area contributed by atoms with E-state index in [0.29, 0.717) is 5.41 Å². The summed E-state index contributed by atoms with van der Waals surface area (Å²) in [4.78, 5) is 11.2. The second-order valence-electron chi connectivity index (χ2n) is 7.09. The molecule has 110 valence electrons. The summed E-state index contributed by atoms with van der Waals surface area (Å²) in [5.74, 6) is -0.0415. The molecule has 3 nitrogen and oxygen atoms in total. The highest BCUT2D eigenvalue weighted by molar-refractivity contribution is 5.66. The highest BCUT2D eigenvalue weighted by atomic mass is 16.8. The monoisotopic (exact) mass is 268 g/mol. The molecule has 0 bridgehead atoms. The van der Waals surface area contributed by atoms with Crippen molar-refractivity contribution >= 4 is 5.97 Å². The maximum atomic E-state index is 11.2. The van der Waals surface area contributed by atoms with Gasteiger partial charge in [-0.1, -0.05) is 33.6 Å². The molecule has 2 fully saturated rings. The van der Waals surface area contributed by atoms with E-state index in [2.05, 4.69) is 20.8 Å². The van der Waals surface area contributed by atoms with Gasteiger partial charge in [-0.2, -0.15) is 0 Å². The molecule has 2 aliphatic rings. The van der Waals surface area contributed by atoms with E-state index in [1.807, 2.05) is 0 Å². The molecule has 1 heterocycles. The van der Waals surface area contributed by atoms with Crippen molar-refractivity contribution < 1.29 is 14.3 Å². The van der Waals surface area contributed by atoms with E-state index in [9.17, 15) is 4.79 Å². The average Bonchev–Trinajstić information content (AvgIpc) is 2.98. The predicted molar refractivity (Wildman–Crippen MR) is 74.6 cm³/mol. The zero-order chi connectivity index (χ0) is 14.1. The summed E-state index contributed by atoms with van der Waals surface area (Å²) in [6.45, 7) is 8.28. The van der Waals surface area contributed by atoms with Crippen LogP contribution in [0, 0.1) is 11.3 Å². The van der Waals surface area contributed by atoms with Crippen molar-refractivity contribution in [3.05, 3.63) is 0 Å². The van der Waals surface area contributed by atoms with Crippen molar-refractivity contribution in [1.82, 2.24) is 0 Å². The second kappa shape index (κ2) is 5.43. The van der Waals surface area contributed by atoms with Crippen LogP contribution in [0.3, 0.4) is 0 Å². The predicted octanol–water partition coefficient (Wildman–Crippen LogP) is 4.05. The minimum atomic E-state index is -0.581. The van der Waals surface area contributed by atoms with E-state index in [1.54, 1.807) is 0 Å². The molecule has 1 saturated carbocycles. The first-order chi connectivity index (χ1) is 8.87. The van der Waals surface area contributed by atoms with E-state index in [-0.39, 0.29) is 12.1 Å². The fourth-order valence-electron chi connectivity index (χ4n) is 3.71. The molecule has 1 saturated heterocycles. The standard InChI is InChI=1S/C16H28O3/c1-5-14-16(19-14,18-12(2)17)10-8-13-7-6-9-15(3,4)11-13/h13-14H,5-11H2,1-4H3/t13-,14?,16?/m1/s1. The quantitative estimate of drug-likeness (QED) is 0.557. The zero-order valence-electron chi connectivity index (χ0n) is 12.8. The Bertz CT molecular complexity index is 337. The lowest BCUT2D eigenvalue weighted by molar-refractivity contribution is -0.157. The maximum absolute atomic E-state index is 11.2. The third kappa shape index (κ3) is 3.71. The maximum Gasteiger partial charge on any atom is 0.305 e. The van der Waals surface area contributed by atoms with Crippen molar-refractivity contribution in [3.63, 3.8) is 0 Å². The van der Waals surface area contributed by atoms with E-state index in [0.717, 1.165) is 25.2 Å². The van der Waals surface area contributed by atoms with Crippen molar-refractivity contribution in [1.29, 1.82) is 0 Å². The number of carbonyl (C=O) groups excluding carboxylic acids is 1. The lowest BCUT2D eigenvalue weighted by Gasteiger charge is -2.35. The summed E-state index contributed by atoms with van der Waals surface area (Å²) in [5, 5.41) is 0. The van der Waals surface area contributed by atoms with Crippen LogP contribution in [0.25, 0.3) is 0 Å². The van der Waals surface area contributed by atoms with Crippen molar-refractivity contribution in [2.24, 2.45) is 11.3 Å². The lowest BCUT2D eigenvalue weighted by Crippen LogP contribution is -2.27. The third-order valence-electron chi connectivity index (χ3n) is 4.67. The molecule has 0 amide bonds. The first kappa shape index (κ1) is 14.8. The Morgan fingerprint density at radius 3 is 2.68 bits per heavy atom. The molecule has 0 aromatic carbocycles. The van der Waals surface area contributed by atoms with E-state index in [1.165, 1.54) is 32.6 Å². The number of carbonyl (C=O) groups is 1. The Balaban J connectivity index is 1.85. The third-order valence-corrected chi connectivity index (χ3v) is 4.67. The summed E-state index contributed by atoms with van der Waals surface area (Å²) in [6, 6.07) is 0. The van der Waals surface area contributed by atoms with Crippen molar-refractivity contribution in [3.8, 4) is 0 Å². The summed E-state index contributed by atoms with van der Waals surface area (Å²) in [5.41, 5.74) is 0.478. The highest BCUT2D eigenvalue weighted by Crippen LogP contribution is 2.47. The molecule has 19 heavy (non-hydrogen) atoms. The van der Waals surface area contributed by atoms with Gasteiger partial charge in [-0.05, 0) is 37.0 Å². The summed E-state index contributed by atoms with van der Waals surface area (Å²) in [7, 11) is 0. The Morgan fingerprint density at radius 2 is 2.16 bits per heavy atom. The first-order valence-corrected chi connectivity index (χ1v) is 7.74. The fraction of sp³-hybridized carbons (Fsp3) is 0.938. The molecule has 0 aromatic heterocycles. The molecular formula is C16H28O3. The van der Waals surface area contributed by atoms with Crippen LogP contribution in [0.15, 0.2) is 0 Å². The van der Waals surface area contributed by atoms with Crippen LogP contribution < -0.4 is 0 Å². The normalized spacial score (nSPS) is 36.8. The highest BCUT2D eigenvalue weighted by Gasteiger charge is 2.58. The number of hydrogen-bond donors (Lipinski definition) is 0. The van der Waals surface area contributed by atoms with Gasteiger partial charge in [-0.15, -0.1) is 0 Å². The van der Waals surface area contributed by atoms with E-state index < -0.39 is 5.79 Å². The molecule has 3 atom stereocenters. The number of ether oxygens (including phenoxy) is 2. The molecule has 1 aliphatic carbocycles. The van der Waals surface area contributed by atoms with Gasteiger partial charge >= 0.3 is 5.97 Å². The molecule has 3 heteroatoms. The first-order valence-electron chi connectivity index (χ1n) is 7.74. The summed E-state index contributed by atoms with van der Waals surface area (Å²) >= 11 is 0. The van der Waals surface area contributed by atoms with Gasteiger partial charge in [0.2, 0.25) is 5.79 Å². The number of epoxide rings is 1. The molecule has 0 N–H and O–H groups in total. The molecular weight excluding hydrogens is 240 g/mol. The average molecular weight is 268 g/mol. The van der Waals surface area contributed by atoms with Gasteiger partial charge in [0.25, 0.3) is 0 Å². The van der Waals surface area contributed by atoms with Crippen molar-refractivity contribution in [2.75, 3.05) is 0 Å². The topological polar surface area (TPSA) is 38.8 Å². The smallest absolute Gasteiger partial charge is 0.305 e. The summed E-state index contributed by atoms with van der Waals surface area (Å²) in [6.07, 6.45) is 8.30.